The Bertz CT molecular complexity index is 1120. The van der Waals surface area contributed by atoms with Gasteiger partial charge in [-0.2, -0.15) is 5.10 Å². The Morgan fingerprint density at radius 1 is 0.800 bits per heavy atom. The molecule has 7 nitrogen and oxygen atoms in total. The molecule has 3 aromatic rings. The van der Waals surface area contributed by atoms with E-state index in [2.05, 4.69) is 10.5 Å². The second-order valence-electron chi connectivity index (χ2n) is 7.56. The van der Waals surface area contributed by atoms with E-state index in [1.165, 1.54) is 0 Å². The summed E-state index contributed by atoms with van der Waals surface area (Å²) >= 11 is 0. The van der Waals surface area contributed by atoms with Crippen molar-refractivity contribution in [3.63, 3.8) is 0 Å². The highest BCUT2D eigenvalue weighted by Gasteiger charge is 2.12. The van der Waals surface area contributed by atoms with Crippen molar-refractivity contribution in [3.05, 3.63) is 83.4 Å². The number of nitrogens with zero attached hydrogens (tertiary/aromatic N) is 1. The standard InChI is InChI=1S/C28H32N2O5/c1-4-16-34-24-15-13-23(18-27(24)33-6-3)28(31)30-29-19-22-12-14-25(26(17-22)32-5-2)35-20-21-10-8-7-9-11-21/h7-15,17-19H,4-6,16,20H2,1-3H3,(H,30,31)/b29-19+. The predicted octanol–water partition coefficient (Wildman–Crippen LogP) is 5.62. The Morgan fingerprint density at radius 3 is 2.20 bits per heavy atom. The van der Waals surface area contributed by atoms with E-state index in [1.54, 1.807) is 24.4 Å². The van der Waals surface area contributed by atoms with Crippen LogP contribution in [0.1, 0.15) is 48.7 Å². The molecule has 1 amide bonds. The molecule has 0 unspecified atom stereocenters. The monoisotopic (exact) mass is 476 g/mol. The van der Waals surface area contributed by atoms with Crippen LogP contribution in [-0.4, -0.2) is 31.9 Å². The first-order valence-corrected chi connectivity index (χ1v) is 11.8. The highest BCUT2D eigenvalue weighted by molar-refractivity contribution is 5.95. The van der Waals surface area contributed by atoms with Crippen molar-refractivity contribution in [3.8, 4) is 23.0 Å². The lowest BCUT2D eigenvalue weighted by Crippen LogP contribution is -2.17. The van der Waals surface area contributed by atoms with Crippen LogP contribution in [-0.2, 0) is 6.61 Å². The predicted molar refractivity (Wildman–Crippen MR) is 137 cm³/mol. The highest BCUT2D eigenvalue weighted by Crippen LogP contribution is 2.30. The minimum absolute atomic E-state index is 0.350. The summed E-state index contributed by atoms with van der Waals surface area (Å²) in [6.07, 6.45) is 2.44. The SMILES string of the molecule is CCCOc1ccc(C(=O)N/N=C/c2ccc(OCc3ccccc3)c(OCC)c2)cc1OCC. The molecule has 0 fully saturated rings. The molecule has 3 aromatic carbocycles. The summed E-state index contributed by atoms with van der Waals surface area (Å²) in [4.78, 5) is 12.6. The van der Waals surface area contributed by atoms with E-state index in [4.69, 9.17) is 18.9 Å². The molecule has 0 aliphatic heterocycles. The average Bonchev–Trinajstić information content (AvgIpc) is 2.88. The molecule has 0 heterocycles. The van der Waals surface area contributed by atoms with Gasteiger partial charge in [-0.3, -0.25) is 4.79 Å². The summed E-state index contributed by atoms with van der Waals surface area (Å²) < 4.78 is 23.0. The van der Waals surface area contributed by atoms with Crippen LogP contribution < -0.4 is 24.4 Å². The van der Waals surface area contributed by atoms with E-state index in [0.717, 1.165) is 17.5 Å². The highest BCUT2D eigenvalue weighted by atomic mass is 16.5. The Hall–Kier alpha value is -4.00. The van der Waals surface area contributed by atoms with Crippen molar-refractivity contribution < 1.29 is 23.7 Å². The van der Waals surface area contributed by atoms with Gasteiger partial charge in [0.25, 0.3) is 5.91 Å². The molecule has 7 heteroatoms. The molecule has 0 aromatic heterocycles. The lowest BCUT2D eigenvalue weighted by Gasteiger charge is -2.13. The van der Waals surface area contributed by atoms with Crippen LogP contribution >= 0.6 is 0 Å². The number of nitrogens with one attached hydrogen (secondary N) is 1. The lowest BCUT2D eigenvalue weighted by atomic mass is 10.2. The Morgan fingerprint density at radius 2 is 1.49 bits per heavy atom. The molecule has 0 radical (unpaired) electrons. The first-order chi connectivity index (χ1) is 17.1. The number of carbonyl (C=O) groups is 1. The molecule has 0 saturated heterocycles. The number of amides is 1. The molecule has 0 aliphatic rings. The zero-order chi connectivity index (χ0) is 24.9. The molecule has 0 saturated carbocycles. The molecule has 1 N–H and O–H groups in total. The van der Waals surface area contributed by atoms with Gasteiger partial charge >= 0.3 is 0 Å². The summed E-state index contributed by atoms with van der Waals surface area (Å²) in [5, 5.41) is 4.10. The van der Waals surface area contributed by atoms with Gasteiger partial charge in [0.15, 0.2) is 23.0 Å². The van der Waals surface area contributed by atoms with Crippen LogP contribution in [0.2, 0.25) is 0 Å². The van der Waals surface area contributed by atoms with Crippen LogP contribution in [0.4, 0.5) is 0 Å². The van der Waals surface area contributed by atoms with E-state index in [1.807, 2.05) is 69.3 Å². The minimum Gasteiger partial charge on any atom is -0.490 e. The topological polar surface area (TPSA) is 78.4 Å². The first-order valence-electron chi connectivity index (χ1n) is 11.8. The van der Waals surface area contributed by atoms with E-state index >= 15 is 0 Å². The van der Waals surface area contributed by atoms with Gasteiger partial charge in [0, 0.05) is 5.56 Å². The first kappa shape index (κ1) is 25.6. The largest absolute Gasteiger partial charge is 0.490 e. The third-order valence-electron chi connectivity index (χ3n) is 4.85. The number of benzene rings is 3. The molecule has 184 valence electrons. The van der Waals surface area contributed by atoms with Crippen molar-refractivity contribution in [2.45, 2.75) is 33.8 Å². The van der Waals surface area contributed by atoms with Crippen molar-refractivity contribution in [1.29, 1.82) is 0 Å². The smallest absolute Gasteiger partial charge is 0.271 e. The van der Waals surface area contributed by atoms with Crippen LogP contribution in [0.25, 0.3) is 0 Å². The Kier molecular flexibility index (Phi) is 9.99. The van der Waals surface area contributed by atoms with Crippen LogP contribution in [0.5, 0.6) is 23.0 Å². The van der Waals surface area contributed by atoms with Gasteiger partial charge in [-0.25, -0.2) is 5.43 Å². The quantitative estimate of drug-likeness (QED) is 0.256. The number of hydrogen-bond donors (Lipinski definition) is 1. The fourth-order valence-corrected chi connectivity index (χ4v) is 3.21. The summed E-state index contributed by atoms with van der Waals surface area (Å²) in [5.74, 6) is 2.06. The summed E-state index contributed by atoms with van der Waals surface area (Å²) in [5.41, 5.74) is 4.81. The Labute approximate surface area is 206 Å². The summed E-state index contributed by atoms with van der Waals surface area (Å²) in [6.45, 7) is 7.82. The number of rotatable bonds is 13. The van der Waals surface area contributed by atoms with Gasteiger partial charge < -0.3 is 18.9 Å². The molecule has 0 atom stereocenters. The van der Waals surface area contributed by atoms with Gasteiger partial charge in [0.05, 0.1) is 26.0 Å². The van der Waals surface area contributed by atoms with Crippen LogP contribution in [0.15, 0.2) is 71.8 Å². The van der Waals surface area contributed by atoms with Gasteiger partial charge in [-0.15, -0.1) is 0 Å². The minimum atomic E-state index is -0.350. The zero-order valence-electron chi connectivity index (χ0n) is 20.5. The fraction of sp³-hybridized carbons (Fsp3) is 0.286. The fourth-order valence-electron chi connectivity index (χ4n) is 3.21. The van der Waals surface area contributed by atoms with Crippen molar-refractivity contribution in [1.82, 2.24) is 5.43 Å². The van der Waals surface area contributed by atoms with Gasteiger partial charge in [0.1, 0.15) is 6.61 Å². The maximum atomic E-state index is 12.6. The maximum absolute atomic E-state index is 12.6. The molecule has 0 aliphatic carbocycles. The third kappa shape index (κ3) is 7.78. The lowest BCUT2D eigenvalue weighted by molar-refractivity contribution is 0.0954. The van der Waals surface area contributed by atoms with Crippen LogP contribution in [0, 0.1) is 0 Å². The molecular formula is C28H32N2O5. The average molecular weight is 477 g/mol. The van der Waals surface area contributed by atoms with Gasteiger partial charge in [0.2, 0.25) is 0 Å². The second-order valence-corrected chi connectivity index (χ2v) is 7.56. The number of carbonyl (C=O) groups excluding carboxylic acids is 1. The summed E-state index contributed by atoms with van der Waals surface area (Å²) in [7, 11) is 0. The third-order valence-corrected chi connectivity index (χ3v) is 4.85. The molecule has 0 bridgehead atoms. The van der Waals surface area contributed by atoms with Crippen LogP contribution in [0.3, 0.4) is 0 Å². The summed E-state index contributed by atoms with van der Waals surface area (Å²) in [6, 6.07) is 20.5. The van der Waals surface area contributed by atoms with Crippen molar-refractivity contribution in [2.24, 2.45) is 5.10 Å². The van der Waals surface area contributed by atoms with Gasteiger partial charge in [-0.05, 0) is 67.8 Å². The van der Waals surface area contributed by atoms with Gasteiger partial charge in [-0.1, -0.05) is 37.3 Å². The molecule has 0 spiro atoms. The second kappa shape index (κ2) is 13.6. The van der Waals surface area contributed by atoms with E-state index in [0.29, 0.717) is 55.0 Å². The van der Waals surface area contributed by atoms with Crippen molar-refractivity contribution in [2.75, 3.05) is 19.8 Å². The van der Waals surface area contributed by atoms with E-state index in [9.17, 15) is 4.79 Å². The number of hydrazone groups is 1. The number of ether oxygens (including phenoxy) is 4. The van der Waals surface area contributed by atoms with E-state index in [-0.39, 0.29) is 5.91 Å². The number of hydrogen-bond acceptors (Lipinski definition) is 6. The van der Waals surface area contributed by atoms with E-state index < -0.39 is 0 Å². The zero-order valence-corrected chi connectivity index (χ0v) is 20.5. The normalized spacial score (nSPS) is 10.7. The Balaban J connectivity index is 1.65. The maximum Gasteiger partial charge on any atom is 0.271 e. The van der Waals surface area contributed by atoms with Crippen molar-refractivity contribution >= 4 is 12.1 Å². The molecule has 35 heavy (non-hydrogen) atoms. The molecule has 3 rings (SSSR count). The molecular weight excluding hydrogens is 444 g/mol.